The summed E-state index contributed by atoms with van der Waals surface area (Å²) in [6.07, 6.45) is -2.50. The molecule has 8 heteroatoms. The lowest BCUT2D eigenvalue weighted by Gasteiger charge is -2.10. The van der Waals surface area contributed by atoms with Crippen LogP contribution >= 0.6 is 0 Å². The van der Waals surface area contributed by atoms with E-state index in [9.17, 15) is 8.78 Å². The van der Waals surface area contributed by atoms with Gasteiger partial charge in [-0.2, -0.15) is 0 Å². The smallest absolute Gasteiger partial charge is 0.272 e. The van der Waals surface area contributed by atoms with Crippen molar-refractivity contribution in [1.29, 1.82) is 0 Å². The number of benzene rings is 1. The first kappa shape index (κ1) is 19.7. The van der Waals surface area contributed by atoms with Crippen LogP contribution in [-0.4, -0.2) is 30.5 Å². The number of hydrogen-bond donors (Lipinski definition) is 2. The van der Waals surface area contributed by atoms with E-state index >= 15 is 0 Å². The molecule has 0 saturated heterocycles. The molecule has 0 spiro atoms. The number of alkyl halides is 2. The van der Waals surface area contributed by atoms with Gasteiger partial charge in [-0.3, -0.25) is 0 Å². The van der Waals surface area contributed by atoms with Crippen LogP contribution in [0.3, 0.4) is 0 Å². The number of aliphatic imine (C=N–C) groups is 1. The Labute approximate surface area is 151 Å². The van der Waals surface area contributed by atoms with E-state index < -0.39 is 13.0 Å². The number of aromatic nitrogens is 1. The van der Waals surface area contributed by atoms with Crippen molar-refractivity contribution in [2.45, 2.75) is 40.3 Å². The summed E-state index contributed by atoms with van der Waals surface area (Å²) in [6.45, 7) is 6.61. The first-order chi connectivity index (χ1) is 12.5. The van der Waals surface area contributed by atoms with Gasteiger partial charge < -0.3 is 19.8 Å². The summed E-state index contributed by atoms with van der Waals surface area (Å²) >= 11 is 0. The third-order valence-electron chi connectivity index (χ3n) is 3.52. The number of guanidine groups is 1. The van der Waals surface area contributed by atoms with Crippen LogP contribution in [0.25, 0.3) is 0 Å². The monoisotopic (exact) mass is 366 g/mol. The highest BCUT2D eigenvalue weighted by Crippen LogP contribution is 2.15. The van der Waals surface area contributed by atoms with Gasteiger partial charge in [0.2, 0.25) is 5.89 Å². The number of aryl methyl sites for hydroxylation is 2. The second-order valence-electron chi connectivity index (χ2n) is 5.65. The summed E-state index contributed by atoms with van der Waals surface area (Å²) in [7, 11) is 0. The van der Waals surface area contributed by atoms with Crippen molar-refractivity contribution in [1.82, 2.24) is 15.6 Å². The van der Waals surface area contributed by atoms with Crippen LogP contribution in [-0.2, 0) is 13.1 Å². The van der Waals surface area contributed by atoms with Crippen molar-refractivity contribution < 1.29 is 17.9 Å². The van der Waals surface area contributed by atoms with Gasteiger partial charge >= 0.3 is 0 Å². The molecule has 0 amide bonds. The molecule has 0 radical (unpaired) electrons. The maximum absolute atomic E-state index is 12.2. The van der Waals surface area contributed by atoms with Gasteiger partial charge in [0.1, 0.15) is 18.1 Å². The number of oxazole rings is 1. The van der Waals surface area contributed by atoms with Gasteiger partial charge in [0.25, 0.3) is 6.43 Å². The Morgan fingerprint density at radius 1 is 1.31 bits per heavy atom. The van der Waals surface area contributed by atoms with E-state index in [4.69, 9.17) is 9.15 Å². The minimum Gasteiger partial charge on any atom is -0.488 e. The molecule has 0 atom stereocenters. The van der Waals surface area contributed by atoms with Crippen molar-refractivity contribution in [2.75, 3.05) is 13.2 Å². The van der Waals surface area contributed by atoms with E-state index in [2.05, 4.69) is 20.6 Å². The molecular formula is C18H24F2N4O2. The summed E-state index contributed by atoms with van der Waals surface area (Å²) < 4.78 is 35.0. The number of ether oxygens (including phenoxy) is 1. The van der Waals surface area contributed by atoms with Crippen LogP contribution in [0.5, 0.6) is 5.75 Å². The maximum Gasteiger partial charge on any atom is 0.272 e. The molecule has 6 nitrogen and oxygen atoms in total. The van der Waals surface area contributed by atoms with Crippen LogP contribution in [0.15, 0.2) is 33.7 Å². The summed E-state index contributed by atoms with van der Waals surface area (Å²) in [4.78, 5) is 8.80. The normalized spacial score (nSPS) is 11.7. The predicted molar refractivity (Wildman–Crippen MR) is 95.6 cm³/mol. The van der Waals surface area contributed by atoms with E-state index in [0.29, 0.717) is 37.2 Å². The molecule has 0 aliphatic carbocycles. The Hall–Kier alpha value is -2.64. The highest BCUT2D eigenvalue weighted by molar-refractivity contribution is 5.79. The predicted octanol–water partition coefficient (Wildman–Crippen LogP) is 3.19. The van der Waals surface area contributed by atoms with E-state index in [1.165, 1.54) is 0 Å². The average Bonchev–Trinajstić information content (AvgIpc) is 2.94. The van der Waals surface area contributed by atoms with Gasteiger partial charge in [0.15, 0.2) is 5.96 Å². The molecule has 1 aromatic heterocycles. The van der Waals surface area contributed by atoms with Crippen molar-refractivity contribution in [2.24, 2.45) is 4.99 Å². The van der Waals surface area contributed by atoms with E-state index in [-0.39, 0.29) is 0 Å². The Balaban J connectivity index is 1.96. The van der Waals surface area contributed by atoms with E-state index in [1.807, 2.05) is 26.8 Å². The highest BCUT2D eigenvalue weighted by Gasteiger charge is 2.07. The summed E-state index contributed by atoms with van der Waals surface area (Å²) in [5.41, 5.74) is 1.72. The van der Waals surface area contributed by atoms with Crippen molar-refractivity contribution >= 4 is 5.96 Å². The molecule has 2 aromatic rings. The van der Waals surface area contributed by atoms with Crippen LogP contribution in [0, 0.1) is 13.8 Å². The van der Waals surface area contributed by atoms with E-state index in [0.717, 1.165) is 17.0 Å². The minimum absolute atomic E-state index is 0.380. The Morgan fingerprint density at radius 3 is 2.77 bits per heavy atom. The molecule has 0 fully saturated rings. The van der Waals surface area contributed by atoms with Crippen molar-refractivity contribution in [3.8, 4) is 5.75 Å². The van der Waals surface area contributed by atoms with Crippen LogP contribution in [0.2, 0.25) is 0 Å². The highest BCUT2D eigenvalue weighted by atomic mass is 19.3. The molecule has 0 aliphatic rings. The number of hydrogen-bond acceptors (Lipinski definition) is 4. The van der Waals surface area contributed by atoms with Crippen molar-refractivity contribution in [3.05, 3.63) is 47.2 Å². The second-order valence-corrected chi connectivity index (χ2v) is 5.65. The Kier molecular flexibility index (Phi) is 7.37. The van der Waals surface area contributed by atoms with Gasteiger partial charge in [-0.05, 0) is 38.5 Å². The number of halogens is 2. The molecule has 1 aromatic carbocycles. The van der Waals surface area contributed by atoms with Crippen LogP contribution < -0.4 is 15.4 Å². The second kappa shape index (κ2) is 9.74. The molecule has 1 heterocycles. The SMILES string of the molecule is CCNC(=NCc1cccc(OCC(F)F)c1)NCc1nc(C)c(C)o1. The molecule has 26 heavy (non-hydrogen) atoms. The topological polar surface area (TPSA) is 71.7 Å². The maximum atomic E-state index is 12.2. The lowest BCUT2D eigenvalue weighted by atomic mass is 10.2. The number of rotatable bonds is 8. The number of nitrogens with zero attached hydrogens (tertiary/aromatic N) is 2. The molecule has 0 bridgehead atoms. The largest absolute Gasteiger partial charge is 0.488 e. The molecule has 0 aliphatic heterocycles. The first-order valence-corrected chi connectivity index (χ1v) is 8.43. The zero-order valence-corrected chi connectivity index (χ0v) is 15.2. The van der Waals surface area contributed by atoms with Gasteiger partial charge in [0.05, 0.1) is 18.8 Å². The minimum atomic E-state index is -2.50. The fourth-order valence-electron chi connectivity index (χ4n) is 2.18. The summed E-state index contributed by atoms with van der Waals surface area (Å²) in [6, 6.07) is 6.97. The van der Waals surface area contributed by atoms with E-state index in [1.54, 1.807) is 18.2 Å². The average molecular weight is 366 g/mol. The molecular weight excluding hydrogens is 342 g/mol. The van der Waals surface area contributed by atoms with Gasteiger partial charge in [0, 0.05) is 6.54 Å². The lowest BCUT2D eigenvalue weighted by molar-refractivity contribution is 0.0818. The standard InChI is InChI=1S/C18H24F2N4O2/c1-4-21-18(23-10-17-24-12(2)13(3)26-17)22-9-14-6-5-7-15(8-14)25-11-16(19)20/h5-8,16H,4,9-11H2,1-3H3,(H2,21,22,23). The quantitative estimate of drug-likeness (QED) is 0.555. The van der Waals surface area contributed by atoms with Crippen LogP contribution in [0.1, 0.15) is 29.8 Å². The molecule has 142 valence electrons. The third kappa shape index (κ3) is 6.34. The zero-order chi connectivity index (χ0) is 18.9. The molecule has 2 N–H and O–H groups in total. The molecule has 0 unspecified atom stereocenters. The third-order valence-corrected chi connectivity index (χ3v) is 3.52. The number of nitrogens with one attached hydrogen (secondary N) is 2. The van der Waals surface area contributed by atoms with Crippen LogP contribution in [0.4, 0.5) is 8.78 Å². The zero-order valence-electron chi connectivity index (χ0n) is 15.2. The van der Waals surface area contributed by atoms with Gasteiger partial charge in [-0.15, -0.1) is 0 Å². The Bertz CT molecular complexity index is 712. The summed E-state index contributed by atoms with van der Waals surface area (Å²) in [5.74, 6) is 2.40. The molecule has 2 rings (SSSR count). The van der Waals surface area contributed by atoms with Crippen molar-refractivity contribution in [3.63, 3.8) is 0 Å². The Morgan fingerprint density at radius 2 is 2.12 bits per heavy atom. The first-order valence-electron chi connectivity index (χ1n) is 8.43. The fraction of sp³-hybridized carbons (Fsp3) is 0.444. The van der Waals surface area contributed by atoms with Gasteiger partial charge in [-0.25, -0.2) is 18.8 Å². The van der Waals surface area contributed by atoms with Gasteiger partial charge in [-0.1, -0.05) is 12.1 Å². The lowest BCUT2D eigenvalue weighted by Crippen LogP contribution is -2.36. The molecule has 0 saturated carbocycles. The summed E-state index contributed by atoms with van der Waals surface area (Å²) in [5, 5.41) is 6.29. The fourth-order valence-corrected chi connectivity index (χ4v) is 2.18.